The number of hydrogen-bond donors (Lipinski definition) is 4. The van der Waals surface area contributed by atoms with Crippen molar-refractivity contribution >= 4 is 39.8 Å². The van der Waals surface area contributed by atoms with Crippen molar-refractivity contribution in [2.75, 3.05) is 38.5 Å². The summed E-state index contributed by atoms with van der Waals surface area (Å²) in [5.41, 5.74) is 5.64. The first kappa shape index (κ1) is 28.4. The number of anilines is 2. The Labute approximate surface area is 215 Å². The van der Waals surface area contributed by atoms with Crippen molar-refractivity contribution in [1.29, 1.82) is 10.8 Å². The smallest absolute Gasteiger partial charge is 0.355 e. The molecule has 2 aromatic carbocycles. The van der Waals surface area contributed by atoms with Crippen molar-refractivity contribution in [1.82, 2.24) is 14.6 Å². The van der Waals surface area contributed by atoms with Gasteiger partial charge in [-0.2, -0.15) is 18.3 Å². The molecular formula is C24H29F4N7OS. The Morgan fingerprint density at radius 1 is 1.24 bits per heavy atom. The maximum atomic E-state index is 13.3. The predicted octanol–water partition coefficient (Wildman–Crippen LogP) is 4.33. The Morgan fingerprint density at radius 3 is 2.57 bits per heavy atom. The van der Waals surface area contributed by atoms with Gasteiger partial charge in [-0.05, 0) is 54.4 Å². The molecular weight excluding hydrogens is 510 g/mol. The highest BCUT2D eigenvalue weighted by molar-refractivity contribution is 8.00. The van der Waals surface area contributed by atoms with Crippen molar-refractivity contribution in [2.45, 2.75) is 25.6 Å². The number of alkyl halides is 3. The third-order valence-electron chi connectivity index (χ3n) is 5.95. The van der Waals surface area contributed by atoms with Crippen LogP contribution in [0.25, 0.3) is 0 Å². The number of nitrogens with zero attached hydrogens (tertiary/aromatic N) is 3. The summed E-state index contributed by atoms with van der Waals surface area (Å²) in [7, 11) is -0.297. The molecule has 2 aromatic rings. The number of rotatable bonds is 9. The van der Waals surface area contributed by atoms with E-state index in [2.05, 4.69) is 15.8 Å². The van der Waals surface area contributed by atoms with E-state index in [0.29, 0.717) is 22.5 Å². The topological polar surface area (TPSA) is 108 Å². The standard InChI is InChI=1S/C24H29F4N7OS/c1-16-11-21(33-19-5-3-18(25)4-6-19)17(13-29)12-20(16)22-15-35(37(36)23(30)14-32-31-2)10-9-34(22)8-7-24(26,27)28/h3-6,11-14,22,29-31,33H,7-10,15H2,1-2H3/b29-13?,30-23?,32-14-. The monoisotopic (exact) mass is 539 g/mol. The van der Waals surface area contributed by atoms with Gasteiger partial charge in [-0.3, -0.25) is 10.3 Å². The molecule has 0 aliphatic carbocycles. The van der Waals surface area contributed by atoms with Gasteiger partial charge < -0.3 is 16.2 Å². The van der Waals surface area contributed by atoms with Crippen molar-refractivity contribution in [3.05, 3.63) is 58.9 Å². The molecule has 1 fully saturated rings. The summed E-state index contributed by atoms with van der Waals surface area (Å²) in [4.78, 5) is 1.70. The van der Waals surface area contributed by atoms with E-state index in [-0.39, 0.29) is 37.0 Å². The molecule has 0 aromatic heterocycles. The molecule has 1 aliphatic rings. The van der Waals surface area contributed by atoms with Crippen LogP contribution in [0, 0.1) is 23.6 Å². The lowest BCUT2D eigenvalue weighted by atomic mass is 9.94. The third kappa shape index (κ3) is 7.66. The normalized spacial score (nSPS) is 18.1. The van der Waals surface area contributed by atoms with Gasteiger partial charge >= 0.3 is 6.18 Å². The molecule has 200 valence electrons. The largest absolute Gasteiger partial charge is 0.390 e. The fraction of sp³-hybridized carbons (Fsp3) is 0.375. The number of hydrazone groups is 1. The minimum Gasteiger partial charge on any atom is -0.355 e. The highest BCUT2D eigenvalue weighted by Crippen LogP contribution is 2.34. The Bertz CT molecular complexity index is 1170. The molecule has 1 heterocycles. The maximum Gasteiger partial charge on any atom is 0.390 e. The van der Waals surface area contributed by atoms with E-state index >= 15 is 0 Å². The lowest BCUT2D eigenvalue weighted by Crippen LogP contribution is -2.50. The summed E-state index contributed by atoms with van der Waals surface area (Å²) in [6, 6.07) is 8.71. The van der Waals surface area contributed by atoms with Crippen LogP contribution in [-0.2, 0) is 11.0 Å². The van der Waals surface area contributed by atoms with Gasteiger partial charge in [-0.15, -0.1) is 0 Å². The average Bonchev–Trinajstić information content (AvgIpc) is 2.86. The number of benzene rings is 2. The lowest BCUT2D eigenvalue weighted by molar-refractivity contribution is -0.140. The van der Waals surface area contributed by atoms with E-state index in [0.717, 1.165) is 18.0 Å². The summed E-state index contributed by atoms with van der Waals surface area (Å²) in [6.07, 6.45) is -3.04. The molecule has 4 N–H and O–H groups in total. The minimum atomic E-state index is -4.33. The quantitative estimate of drug-likeness (QED) is 0.165. The van der Waals surface area contributed by atoms with E-state index in [1.54, 1.807) is 40.5 Å². The van der Waals surface area contributed by atoms with Crippen LogP contribution in [0.5, 0.6) is 0 Å². The molecule has 1 saturated heterocycles. The molecule has 13 heteroatoms. The highest BCUT2D eigenvalue weighted by atomic mass is 32.2. The Balaban J connectivity index is 1.93. The van der Waals surface area contributed by atoms with E-state index in [1.807, 2.05) is 6.92 Å². The van der Waals surface area contributed by atoms with Crippen molar-refractivity contribution in [2.24, 2.45) is 5.10 Å². The number of aryl methyl sites for hydroxylation is 1. The zero-order valence-electron chi connectivity index (χ0n) is 20.4. The zero-order valence-corrected chi connectivity index (χ0v) is 21.2. The Hall–Kier alpha value is -3.16. The summed E-state index contributed by atoms with van der Waals surface area (Å²) in [5, 5.41) is 22.6. The average molecular weight is 540 g/mol. The molecule has 2 unspecified atom stereocenters. The van der Waals surface area contributed by atoms with Crippen LogP contribution in [0.3, 0.4) is 0 Å². The minimum absolute atomic E-state index is 0.128. The molecule has 0 saturated carbocycles. The van der Waals surface area contributed by atoms with Gasteiger partial charge in [-0.1, -0.05) is 0 Å². The molecule has 0 radical (unpaired) electrons. The van der Waals surface area contributed by atoms with Crippen LogP contribution in [0.4, 0.5) is 28.9 Å². The van der Waals surface area contributed by atoms with E-state index in [9.17, 15) is 21.8 Å². The molecule has 1 aliphatic heterocycles. The first-order valence-electron chi connectivity index (χ1n) is 11.5. The molecule has 2 atom stereocenters. The predicted molar refractivity (Wildman–Crippen MR) is 139 cm³/mol. The van der Waals surface area contributed by atoms with Gasteiger partial charge in [0.05, 0.1) is 12.6 Å². The fourth-order valence-corrected chi connectivity index (χ4v) is 5.05. The van der Waals surface area contributed by atoms with Crippen molar-refractivity contribution < 1.29 is 21.8 Å². The van der Waals surface area contributed by atoms with Crippen molar-refractivity contribution in [3.63, 3.8) is 0 Å². The second kappa shape index (κ2) is 12.4. The van der Waals surface area contributed by atoms with Crippen LogP contribution in [-0.4, -0.2) is 70.3 Å². The van der Waals surface area contributed by atoms with E-state index < -0.39 is 29.6 Å². The summed E-state index contributed by atoms with van der Waals surface area (Å²) in [5.74, 6) is -0.382. The summed E-state index contributed by atoms with van der Waals surface area (Å²) < 4.78 is 66.9. The third-order valence-corrected chi connectivity index (χ3v) is 7.23. The molecule has 37 heavy (non-hydrogen) atoms. The molecule has 0 amide bonds. The second-order valence-corrected chi connectivity index (χ2v) is 9.93. The first-order valence-corrected chi connectivity index (χ1v) is 12.6. The summed E-state index contributed by atoms with van der Waals surface area (Å²) in [6.45, 7) is 2.15. The van der Waals surface area contributed by atoms with Gasteiger partial charge in [0.15, 0.2) is 5.04 Å². The fourth-order valence-electron chi connectivity index (χ4n) is 4.10. The van der Waals surface area contributed by atoms with Crippen LogP contribution in [0.1, 0.15) is 29.2 Å². The number of hydrogen-bond acceptors (Lipinski definition) is 7. The Morgan fingerprint density at radius 2 is 1.95 bits per heavy atom. The van der Waals surface area contributed by atoms with Gasteiger partial charge in [0.25, 0.3) is 0 Å². The molecule has 0 bridgehead atoms. The zero-order chi connectivity index (χ0) is 27.2. The molecule has 0 spiro atoms. The second-order valence-electron chi connectivity index (χ2n) is 8.47. The molecule has 3 rings (SSSR count). The van der Waals surface area contributed by atoms with Gasteiger partial charge in [0, 0.05) is 62.4 Å². The van der Waals surface area contributed by atoms with Gasteiger partial charge in [0.1, 0.15) is 16.8 Å². The molecule has 8 nitrogen and oxygen atoms in total. The van der Waals surface area contributed by atoms with Crippen molar-refractivity contribution in [3.8, 4) is 0 Å². The highest BCUT2D eigenvalue weighted by Gasteiger charge is 2.35. The van der Waals surface area contributed by atoms with Crippen LogP contribution in [0.15, 0.2) is 41.5 Å². The maximum absolute atomic E-state index is 13.3. The number of halogens is 4. The number of piperazine rings is 1. The van der Waals surface area contributed by atoms with Crippen LogP contribution < -0.4 is 10.7 Å². The lowest BCUT2D eigenvalue weighted by Gasteiger charge is -2.41. The SMILES string of the molecule is CN/N=C\C(=N)S(=O)N1CCN(CCC(F)(F)F)C(c2cc(C=N)c(Nc3ccc(F)cc3)cc2C)C1. The number of nitrogens with one attached hydrogen (secondary N) is 4. The van der Waals surface area contributed by atoms with Gasteiger partial charge in [-0.25, -0.2) is 12.9 Å². The van der Waals surface area contributed by atoms with E-state index in [4.69, 9.17) is 10.8 Å². The van der Waals surface area contributed by atoms with Crippen LogP contribution in [0.2, 0.25) is 0 Å². The van der Waals surface area contributed by atoms with Gasteiger partial charge in [0.2, 0.25) is 0 Å². The van der Waals surface area contributed by atoms with Crippen LogP contribution >= 0.6 is 0 Å². The Kier molecular flexibility index (Phi) is 9.51. The van der Waals surface area contributed by atoms with E-state index in [1.165, 1.54) is 12.1 Å². The summed E-state index contributed by atoms with van der Waals surface area (Å²) >= 11 is 0. The first-order chi connectivity index (χ1) is 17.5.